The third-order valence-electron chi connectivity index (χ3n) is 6.73. The van der Waals surface area contributed by atoms with Crippen LogP contribution in [0.4, 0.5) is 0 Å². The minimum atomic E-state index is -1.48. The molecule has 3 heterocycles. The molecule has 35 heavy (non-hydrogen) atoms. The number of rotatable bonds is 2. The summed E-state index contributed by atoms with van der Waals surface area (Å²) in [4.78, 5) is 8.95. The number of fused-ring (bicyclic) bond motifs is 6. The molecule has 1 atom stereocenters. The molecule has 2 aliphatic rings. The fourth-order valence-corrected chi connectivity index (χ4v) is 4.92. The van der Waals surface area contributed by atoms with Crippen molar-refractivity contribution >= 4 is 17.1 Å². The number of benzene rings is 3. The molecule has 0 amide bonds. The van der Waals surface area contributed by atoms with E-state index in [0.717, 1.165) is 28.5 Å². The van der Waals surface area contributed by atoms with Crippen molar-refractivity contribution in [2.45, 2.75) is 12.0 Å². The Morgan fingerprint density at radius 3 is 2.69 bits per heavy atom. The van der Waals surface area contributed by atoms with Crippen molar-refractivity contribution in [2.75, 3.05) is 13.7 Å². The highest BCUT2D eigenvalue weighted by atomic mass is 16.5. The van der Waals surface area contributed by atoms with E-state index in [2.05, 4.69) is 40.8 Å². The summed E-state index contributed by atoms with van der Waals surface area (Å²) in [6.07, 6.45) is 4.10. The van der Waals surface area contributed by atoms with E-state index >= 15 is 0 Å². The van der Waals surface area contributed by atoms with Crippen molar-refractivity contribution in [1.29, 1.82) is 0 Å². The van der Waals surface area contributed by atoms with Crippen molar-refractivity contribution in [3.05, 3.63) is 113 Å². The number of pyridine rings is 1. The lowest BCUT2D eigenvalue weighted by Crippen LogP contribution is -2.30. The summed E-state index contributed by atoms with van der Waals surface area (Å²) in [5.41, 5.74) is 5.20. The average Bonchev–Trinajstić information content (AvgIpc) is 3.33. The lowest BCUT2D eigenvalue weighted by atomic mass is 9.77. The minimum Gasteiger partial charge on any atom is -0.493 e. The van der Waals surface area contributed by atoms with Crippen LogP contribution in [0, 0.1) is 0 Å². The first-order chi connectivity index (χ1) is 17.1. The summed E-state index contributed by atoms with van der Waals surface area (Å²) >= 11 is 0. The predicted octanol–water partition coefficient (Wildman–Crippen LogP) is 5.61. The Balaban J connectivity index is 1.69. The molecule has 172 valence electrons. The van der Waals surface area contributed by atoms with Gasteiger partial charge < -0.3 is 14.6 Å². The van der Waals surface area contributed by atoms with Crippen molar-refractivity contribution in [3.63, 3.8) is 0 Å². The van der Waals surface area contributed by atoms with Crippen molar-refractivity contribution < 1.29 is 14.6 Å². The maximum Gasteiger partial charge on any atom is 0.214 e. The number of hydrogen-bond donors (Lipinski definition) is 1. The molecular formula is C30H24N2O3. The summed E-state index contributed by atoms with van der Waals surface area (Å²) in [5.74, 6) is 1.24. The first kappa shape index (κ1) is 21.3. The van der Waals surface area contributed by atoms with Gasteiger partial charge in [-0.05, 0) is 57.7 Å². The van der Waals surface area contributed by atoms with E-state index in [1.807, 2.05) is 48.5 Å². The fraction of sp³-hybridized carbons (Fsp3) is 0.133. The van der Waals surface area contributed by atoms with Gasteiger partial charge in [-0.15, -0.1) is 0 Å². The summed E-state index contributed by atoms with van der Waals surface area (Å²) in [6, 6.07) is 23.8. The van der Waals surface area contributed by atoms with Gasteiger partial charge in [-0.2, -0.15) is 0 Å². The summed E-state index contributed by atoms with van der Waals surface area (Å²) < 4.78 is 11.6. The number of ether oxygens (including phenoxy) is 2. The number of aliphatic imine (C=N–C) groups is 1. The molecule has 1 aromatic heterocycles. The van der Waals surface area contributed by atoms with Gasteiger partial charge in [0.15, 0.2) is 0 Å². The molecule has 2 aliphatic heterocycles. The number of methoxy groups -OCH3 is 1. The van der Waals surface area contributed by atoms with Gasteiger partial charge in [0.05, 0.1) is 19.2 Å². The third kappa shape index (κ3) is 3.52. The first-order valence-corrected chi connectivity index (χ1v) is 11.5. The van der Waals surface area contributed by atoms with Crippen LogP contribution in [0.25, 0.3) is 22.0 Å². The van der Waals surface area contributed by atoms with E-state index in [9.17, 15) is 5.11 Å². The van der Waals surface area contributed by atoms with Crippen LogP contribution in [-0.4, -0.2) is 30.0 Å². The van der Waals surface area contributed by atoms with Crippen LogP contribution in [0.2, 0.25) is 0 Å². The summed E-state index contributed by atoms with van der Waals surface area (Å²) in [5, 5.41) is 13.4. The standard InChI is InChI=1S/C30H24N2O3/c1-19-17-31-18-27(19)30(33)22-7-4-8-24(14-22)35-12-11-20-5-3-6-21(13-20)25-16-29(34-2)32-28-10-9-23(30)15-26(25)28/h3-10,13-18,33H,1,11-12H2,2H3. The minimum absolute atomic E-state index is 0.518. The Morgan fingerprint density at radius 2 is 1.86 bits per heavy atom. The average molecular weight is 461 g/mol. The molecule has 1 N–H and O–H groups in total. The van der Waals surface area contributed by atoms with Crippen LogP contribution in [0.15, 0.2) is 102 Å². The van der Waals surface area contributed by atoms with Gasteiger partial charge in [-0.1, -0.05) is 49.0 Å². The predicted molar refractivity (Wildman–Crippen MR) is 138 cm³/mol. The van der Waals surface area contributed by atoms with Gasteiger partial charge in [0.2, 0.25) is 5.88 Å². The third-order valence-corrected chi connectivity index (χ3v) is 6.73. The molecule has 0 aliphatic carbocycles. The maximum absolute atomic E-state index is 12.4. The number of aromatic nitrogens is 1. The van der Waals surface area contributed by atoms with Gasteiger partial charge >= 0.3 is 0 Å². The zero-order valence-electron chi connectivity index (χ0n) is 19.4. The second-order valence-electron chi connectivity index (χ2n) is 8.83. The number of hydrogen-bond acceptors (Lipinski definition) is 5. The highest BCUT2D eigenvalue weighted by Gasteiger charge is 2.39. The van der Waals surface area contributed by atoms with Crippen LogP contribution in [0.5, 0.6) is 11.6 Å². The molecule has 1 unspecified atom stereocenters. The van der Waals surface area contributed by atoms with E-state index in [0.29, 0.717) is 40.5 Å². The quantitative estimate of drug-likeness (QED) is 0.423. The largest absolute Gasteiger partial charge is 0.493 e. The van der Waals surface area contributed by atoms with Crippen molar-refractivity contribution in [1.82, 2.24) is 4.98 Å². The zero-order valence-corrected chi connectivity index (χ0v) is 19.4. The monoisotopic (exact) mass is 460 g/mol. The zero-order chi connectivity index (χ0) is 24.0. The van der Waals surface area contributed by atoms with Crippen molar-refractivity contribution in [3.8, 4) is 22.8 Å². The molecule has 0 fully saturated rings. The molecule has 0 radical (unpaired) electrons. The maximum atomic E-state index is 12.4. The number of nitrogens with zero attached hydrogens (tertiary/aromatic N) is 2. The van der Waals surface area contributed by atoms with Gasteiger partial charge in [-0.25, -0.2) is 4.98 Å². The van der Waals surface area contributed by atoms with Gasteiger partial charge in [-0.3, -0.25) is 4.99 Å². The SMILES string of the molecule is C=C1C=NC=C1C1(O)c2cccc(c2)OCCc2cccc(c2)-c2cc(OC)nc3ccc1cc23. The Hall–Kier alpha value is -4.22. The molecular weight excluding hydrogens is 436 g/mol. The molecule has 6 bridgehead atoms. The highest BCUT2D eigenvalue weighted by Crippen LogP contribution is 2.44. The van der Waals surface area contributed by atoms with Crippen LogP contribution in [0.3, 0.4) is 0 Å². The first-order valence-electron chi connectivity index (χ1n) is 11.5. The Morgan fingerprint density at radius 1 is 1.00 bits per heavy atom. The van der Waals surface area contributed by atoms with Gasteiger partial charge in [0.25, 0.3) is 0 Å². The lowest BCUT2D eigenvalue weighted by Gasteiger charge is -2.32. The van der Waals surface area contributed by atoms with E-state index < -0.39 is 5.60 Å². The fourth-order valence-electron chi connectivity index (χ4n) is 4.92. The lowest BCUT2D eigenvalue weighted by molar-refractivity contribution is 0.124. The highest BCUT2D eigenvalue weighted by molar-refractivity contribution is 5.96. The molecule has 5 heteroatoms. The molecule has 5 nitrogen and oxygen atoms in total. The molecule has 3 aromatic carbocycles. The van der Waals surface area contributed by atoms with Crippen LogP contribution >= 0.6 is 0 Å². The summed E-state index contributed by atoms with van der Waals surface area (Å²) in [7, 11) is 1.62. The number of aliphatic hydroxyl groups is 1. The normalized spacial score (nSPS) is 18.8. The second-order valence-corrected chi connectivity index (χ2v) is 8.83. The smallest absolute Gasteiger partial charge is 0.214 e. The topological polar surface area (TPSA) is 63.9 Å². The van der Waals surface area contributed by atoms with E-state index in [1.54, 1.807) is 19.5 Å². The molecule has 0 spiro atoms. The van der Waals surface area contributed by atoms with Gasteiger partial charge in [0, 0.05) is 35.9 Å². The van der Waals surface area contributed by atoms with Crippen LogP contribution < -0.4 is 9.47 Å². The van der Waals surface area contributed by atoms with E-state index in [-0.39, 0.29) is 0 Å². The molecule has 0 saturated heterocycles. The summed E-state index contributed by atoms with van der Waals surface area (Å²) in [6.45, 7) is 4.65. The van der Waals surface area contributed by atoms with E-state index in [4.69, 9.17) is 9.47 Å². The second kappa shape index (κ2) is 8.22. The Bertz CT molecular complexity index is 1550. The molecule has 4 aromatic rings. The Labute approximate surface area is 203 Å². The van der Waals surface area contributed by atoms with Crippen LogP contribution in [-0.2, 0) is 12.0 Å². The Kier molecular flexibility index (Phi) is 5.01. The van der Waals surface area contributed by atoms with Crippen molar-refractivity contribution in [2.24, 2.45) is 4.99 Å². The molecule has 0 saturated carbocycles. The van der Waals surface area contributed by atoms with E-state index in [1.165, 1.54) is 5.56 Å². The van der Waals surface area contributed by atoms with Gasteiger partial charge in [0.1, 0.15) is 11.4 Å². The van der Waals surface area contributed by atoms with Crippen LogP contribution in [0.1, 0.15) is 16.7 Å². The molecule has 6 rings (SSSR count).